The predicted molar refractivity (Wildman–Crippen MR) is 85.8 cm³/mol. The zero-order chi connectivity index (χ0) is 13.7. The van der Waals surface area contributed by atoms with Gasteiger partial charge in [-0.15, -0.1) is 11.3 Å². The van der Waals surface area contributed by atoms with Crippen molar-refractivity contribution >= 4 is 11.3 Å². The summed E-state index contributed by atoms with van der Waals surface area (Å²) in [4.78, 5) is 1.57. The lowest BCUT2D eigenvalue weighted by molar-refractivity contribution is 0.168. The molecular weight excluding hydrogens is 250 g/mol. The lowest BCUT2D eigenvalue weighted by Crippen LogP contribution is -2.42. The van der Waals surface area contributed by atoms with Crippen molar-refractivity contribution in [2.24, 2.45) is 17.8 Å². The first kappa shape index (κ1) is 15.1. The van der Waals surface area contributed by atoms with Gasteiger partial charge >= 0.3 is 0 Å². The molecule has 1 N–H and O–H groups in total. The Bertz CT molecular complexity index is 344. The second-order valence-electron chi connectivity index (χ2n) is 6.42. The smallest absolute Gasteiger partial charge is 0.00989 e. The first-order chi connectivity index (χ1) is 9.20. The van der Waals surface area contributed by atoms with E-state index in [1.165, 1.54) is 38.6 Å². The Morgan fingerprint density at radius 3 is 2.84 bits per heavy atom. The molecule has 1 heterocycles. The third-order valence-electron chi connectivity index (χ3n) is 4.67. The van der Waals surface area contributed by atoms with Crippen LogP contribution in [0.1, 0.15) is 51.3 Å². The average Bonchev–Trinajstić information content (AvgIpc) is 2.90. The number of hydrogen-bond acceptors (Lipinski definition) is 2. The third-order valence-corrected chi connectivity index (χ3v) is 5.56. The topological polar surface area (TPSA) is 12.0 Å². The summed E-state index contributed by atoms with van der Waals surface area (Å²) in [6.07, 6.45) is 6.73. The maximum Gasteiger partial charge on any atom is 0.00989 e. The van der Waals surface area contributed by atoms with Gasteiger partial charge in [0.25, 0.3) is 0 Å². The second-order valence-corrected chi connectivity index (χ2v) is 7.45. The molecule has 1 saturated carbocycles. The van der Waals surface area contributed by atoms with Gasteiger partial charge in [0.15, 0.2) is 0 Å². The first-order valence-corrected chi connectivity index (χ1v) is 8.84. The molecule has 0 aromatic carbocycles. The predicted octanol–water partition coefficient (Wildman–Crippen LogP) is 4.73. The lowest BCUT2D eigenvalue weighted by Gasteiger charge is -2.38. The van der Waals surface area contributed by atoms with Crippen LogP contribution in [-0.4, -0.2) is 12.6 Å². The fourth-order valence-corrected chi connectivity index (χ4v) is 4.22. The summed E-state index contributed by atoms with van der Waals surface area (Å²) in [6, 6.07) is 5.25. The van der Waals surface area contributed by atoms with E-state index in [2.05, 4.69) is 43.6 Å². The van der Waals surface area contributed by atoms with Crippen molar-refractivity contribution in [3.05, 3.63) is 22.4 Å². The van der Waals surface area contributed by atoms with E-state index in [0.29, 0.717) is 0 Å². The molecule has 1 nitrogen and oxygen atoms in total. The quantitative estimate of drug-likeness (QED) is 0.793. The minimum Gasteiger partial charge on any atom is -0.314 e. The number of rotatable bonds is 6. The Morgan fingerprint density at radius 2 is 2.21 bits per heavy atom. The molecule has 1 aliphatic carbocycles. The molecule has 1 aromatic rings. The van der Waals surface area contributed by atoms with Crippen LogP contribution in [0, 0.1) is 17.8 Å². The van der Waals surface area contributed by atoms with Crippen LogP contribution >= 0.6 is 11.3 Å². The molecule has 19 heavy (non-hydrogen) atoms. The maximum absolute atomic E-state index is 3.80. The molecular formula is C17H29NS. The molecule has 1 aromatic heterocycles. The highest BCUT2D eigenvalue weighted by atomic mass is 32.1. The minimum absolute atomic E-state index is 0.747. The van der Waals surface area contributed by atoms with Crippen molar-refractivity contribution in [2.75, 3.05) is 6.54 Å². The van der Waals surface area contributed by atoms with E-state index in [4.69, 9.17) is 0 Å². The van der Waals surface area contributed by atoms with Crippen LogP contribution in [0.3, 0.4) is 0 Å². The van der Waals surface area contributed by atoms with Gasteiger partial charge in [-0.2, -0.15) is 0 Å². The van der Waals surface area contributed by atoms with E-state index in [-0.39, 0.29) is 0 Å². The van der Waals surface area contributed by atoms with Crippen molar-refractivity contribution in [3.8, 4) is 0 Å². The van der Waals surface area contributed by atoms with Gasteiger partial charge in [-0.25, -0.2) is 0 Å². The molecule has 2 rings (SSSR count). The Kier molecular flexibility index (Phi) is 5.90. The van der Waals surface area contributed by atoms with Crippen LogP contribution in [0.15, 0.2) is 17.5 Å². The fraction of sp³-hybridized carbons (Fsp3) is 0.765. The molecule has 3 atom stereocenters. The van der Waals surface area contributed by atoms with Crippen molar-refractivity contribution in [2.45, 2.75) is 58.9 Å². The highest BCUT2D eigenvalue weighted by molar-refractivity contribution is 7.09. The van der Waals surface area contributed by atoms with Crippen LogP contribution in [0.25, 0.3) is 0 Å². The van der Waals surface area contributed by atoms with Crippen molar-refractivity contribution in [3.63, 3.8) is 0 Å². The third kappa shape index (κ3) is 4.32. The van der Waals surface area contributed by atoms with Crippen LogP contribution in [0.2, 0.25) is 0 Å². The maximum atomic E-state index is 3.80. The fourth-order valence-electron chi connectivity index (χ4n) is 3.42. The summed E-state index contributed by atoms with van der Waals surface area (Å²) in [5.74, 6) is 2.62. The van der Waals surface area contributed by atoms with Gasteiger partial charge in [-0.3, -0.25) is 0 Å². The second kappa shape index (κ2) is 7.44. The standard InChI is InChI=1S/C17H29NS/c1-4-9-18-17-8-7-14(13(2)3)11-15(17)12-16-6-5-10-19-16/h5-6,10,13-15,17-18H,4,7-9,11-12H2,1-3H3. The molecule has 0 amide bonds. The van der Waals surface area contributed by atoms with Gasteiger partial charge in [0.1, 0.15) is 0 Å². The molecule has 0 aliphatic heterocycles. The van der Waals surface area contributed by atoms with E-state index in [0.717, 1.165) is 23.8 Å². The van der Waals surface area contributed by atoms with Gasteiger partial charge < -0.3 is 5.32 Å². The van der Waals surface area contributed by atoms with Gasteiger partial charge in [0.2, 0.25) is 0 Å². The Balaban J connectivity index is 1.97. The minimum atomic E-state index is 0.747. The Labute approximate surface area is 122 Å². The van der Waals surface area contributed by atoms with E-state index in [1.807, 2.05) is 11.3 Å². The highest BCUT2D eigenvalue weighted by Gasteiger charge is 2.31. The van der Waals surface area contributed by atoms with E-state index < -0.39 is 0 Å². The van der Waals surface area contributed by atoms with E-state index >= 15 is 0 Å². The van der Waals surface area contributed by atoms with E-state index in [1.54, 1.807) is 4.88 Å². The molecule has 0 radical (unpaired) electrons. The molecule has 0 saturated heterocycles. The van der Waals surface area contributed by atoms with Gasteiger partial charge in [-0.05, 0) is 67.8 Å². The van der Waals surface area contributed by atoms with Gasteiger partial charge in [0, 0.05) is 10.9 Å². The van der Waals surface area contributed by atoms with Gasteiger partial charge in [-0.1, -0.05) is 26.8 Å². The SMILES string of the molecule is CCCNC1CCC(C(C)C)CC1Cc1cccs1. The normalized spacial score (nSPS) is 27.9. The molecule has 3 unspecified atom stereocenters. The molecule has 0 bridgehead atoms. The average molecular weight is 279 g/mol. The van der Waals surface area contributed by atoms with Crippen LogP contribution in [0.5, 0.6) is 0 Å². The summed E-state index contributed by atoms with van der Waals surface area (Å²) in [5.41, 5.74) is 0. The van der Waals surface area contributed by atoms with Crippen molar-refractivity contribution in [1.29, 1.82) is 0 Å². The first-order valence-electron chi connectivity index (χ1n) is 7.96. The number of thiophene rings is 1. The summed E-state index contributed by atoms with van der Waals surface area (Å²) in [7, 11) is 0. The molecule has 1 aliphatic rings. The summed E-state index contributed by atoms with van der Waals surface area (Å²) >= 11 is 1.92. The van der Waals surface area contributed by atoms with Gasteiger partial charge in [0.05, 0.1) is 0 Å². The van der Waals surface area contributed by atoms with Crippen molar-refractivity contribution in [1.82, 2.24) is 5.32 Å². The summed E-state index contributed by atoms with van der Waals surface area (Å²) in [5, 5.41) is 6.01. The number of nitrogens with one attached hydrogen (secondary N) is 1. The lowest BCUT2D eigenvalue weighted by atomic mass is 9.72. The monoisotopic (exact) mass is 279 g/mol. The Morgan fingerprint density at radius 1 is 1.37 bits per heavy atom. The molecule has 0 spiro atoms. The van der Waals surface area contributed by atoms with Crippen LogP contribution in [0.4, 0.5) is 0 Å². The molecule has 2 heteroatoms. The van der Waals surface area contributed by atoms with Crippen LogP contribution < -0.4 is 5.32 Å². The number of hydrogen-bond donors (Lipinski definition) is 1. The van der Waals surface area contributed by atoms with E-state index in [9.17, 15) is 0 Å². The Hall–Kier alpha value is -0.340. The van der Waals surface area contributed by atoms with Crippen LogP contribution in [-0.2, 0) is 6.42 Å². The molecule has 108 valence electrons. The largest absolute Gasteiger partial charge is 0.314 e. The van der Waals surface area contributed by atoms with Crippen molar-refractivity contribution < 1.29 is 0 Å². The molecule has 1 fully saturated rings. The zero-order valence-electron chi connectivity index (χ0n) is 12.7. The zero-order valence-corrected chi connectivity index (χ0v) is 13.5. The summed E-state index contributed by atoms with van der Waals surface area (Å²) < 4.78 is 0. The highest BCUT2D eigenvalue weighted by Crippen LogP contribution is 2.36. The summed E-state index contributed by atoms with van der Waals surface area (Å²) in [6.45, 7) is 8.23.